The molecular formula is C27H19Cl2F4N6O4+. The molecule has 4 heterocycles. The molecule has 0 bridgehead atoms. The Labute approximate surface area is 249 Å². The number of nitrogens with one attached hydrogen (secondary N) is 1. The first-order valence-corrected chi connectivity index (χ1v) is 13.3. The van der Waals surface area contributed by atoms with Gasteiger partial charge in [-0.15, -0.1) is 0 Å². The molecule has 1 amide bonds. The molecule has 1 N–H and O–H groups in total. The Bertz CT molecular complexity index is 1860. The molecule has 4 aromatic rings. The maximum absolute atomic E-state index is 14.9. The van der Waals surface area contributed by atoms with E-state index in [-0.39, 0.29) is 65.2 Å². The van der Waals surface area contributed by atoms with Crippen LogP contribution in [0.1, 0.15) is 27.2 Å². The average Bonchev–Trinajstić information content (AvgIpc) is 3.29. The third-order valence-corrected chi connectivity index (χ3v) is 7.52. The van der Waals surface area contributed by atoms with Crippen LogP contribution in [0.4, 0.5) is 23.4 Å². The van der Waals surface area contributed by atoms with Gasteiger partial charge in [-0.1, -0.05) is 29.3 Å². The quantitative estimate of drug-likeness (QED) is 0.265. The number of fused-ring (bicyclic) bond motifs is 1. The van der Waals surface area contributed by atoms with Crippen molar-refractivity contribution in [3.8, 4) is 6.07 Å². The standard InChI is InChI=1S/C27H18Cl2F4N6O4/c28-19-11-21-24(40)35-13-17(39(21)23(19)29)9-15-1-3-20(30)18(10-15)25(41)37-7-5-36(6-8-37)22-4-2-16(12-34)14-38(22)43-26(42)27(31,32)33/h1-4,10-11,13-14H,5-9H2/p+1. The van der Waals surface area contributed by atoms with E-state index in [9.17, 15) is 31.9 Å². The minimum absolute atomic E-state index is 0.0485. The second kappa shape index (κ2) is 11.6. The zero-order valence-electron chi connectivity index (χ0n) is 21.8. The number of H-pyrrole nitrogens is 1. The zero-order chi connectivity index (χ0) is 31.1. The monoisotopic (exact) mass is 637 g/mol. The Morgan fingerprint density at radius 2 is 1.81 bits per heavy atom. The molecule has 10 nitrogen and oxygen atoms in total. The van der Waals surface area contributed by atoms with Crippen molar-refractivity contribution in [3.05, 3.63) is 97.5 Å². The second-order valence-electron chi connectivity index (χ2n) is 9.47. The van der Waals surface area contributed by atoms with E-state index in [0.717, 1.165) is 12.3 Å². The van der Waals surface area contributed by atoms with Crippen LogP contribution < -0.4 is 20.0 Å². The van der Waals surface area contributed by atoms with Crippen LogP contribution >= 0.6 is 23.2 Å². The molecule has 1 aliphatic rings. The number of halogens is 6. The maximum Gasteiger partial charge on any atom is 0.495 e. The number of anilines is 1. The number of carbonyl (C=O) groups is 2. The lowest BCUT2D eigenvalue weighted by Gasteiger charge is -2.31. The lowest BCUT2D eigenvalue weighted by Crippen LogP contribution is -2.57. The number of nitriles is 1. The number of amides is 1. The van der Waals surface area contributed by atoms with Gasteiger partial charge < -0.3 is 9.88 Å². The molecule has 0 spiro atoms. The molecular weight excluding hydrogens is 619 g/mol. The first-order chi connectivity index (χ1) is 20.4. The summed E-state index contributed by atoms with van der Waals surface area (Å²) in [4.78, 5) is 47.0. The van der Waals surface area contributed by atoms with E-state index in [1.807, 2.05) is 0 Å². The maximum atomic E-state index is 14.9. The van der Waals surface area contributed by atoms with E-state index >= 15 is 0 Å². The van der Waals surface area contributed by atoms with Crippen LogP contribution in [0.5, 0.6) is 0 Å². The summed E-state index contributed by atoms with van der Waals surface area (Å²) in [5.74, 6) is -3.78. The number of hydrogen-bond donors (Lipinski definition) is 1. The highest BCUT2D eigenvalue weighted by molar-refractivity contribution is 6.42. The Balaban J connectivity index is 1.33. The highest BCUT2D eigenvalue weighted by Crippen LogP contribution is 2.27. The summed E-state index contributed by atoms with van der Waals surface area (Å²) in [5, 5.41) is 9.43. The number of aromatic amines is 1. The van der Waals surface area contributed by atoms with Crippen molar-refractivity contribution in [2.24, 2.45) is 0 Å². The summed E-state index contributed by atoms with van der Waals surface area (Å²) in [7, 11) is 0. The van der Waals surface area contributed by atoms with Crippen LogP contribution in [0.3, 0.4) is 0 Å². The number of alkyl halides is 3. The summed E-state index contributed by atoms with van der Waals surface area (Å²) in [5.41, 5.74) is 0.649. The molecule has 1 aromatic carbocycles. The number of carbonyl (C=O) groups excluding carboxylic acids is 2. The van der Waals surface area contributed by atoms with Gasteiger partial charge >= 0.3 is 18.0 Å². The molecule has 0 saturated carbocycles. The molecule has 0 atom stereocenters. The molecule has 222 valence electrons. The molecule has 0 unspecified atom stereocenters. The summed E-state index contributed by atoms with van der Waals surface area (Å²) < 4.78 is 55.3. The fraction of sp³-hybridized carbons (Fsp3) is 0.222. The first-order valence-electron chi connectivity index (χ1n) is 12.5. The smallest absolute Gasteiger partial charge is 0.331 e. The number of nitrogens with zero attached hydrogens (tertiary/aromatic N) is 5. The topological polar surface area (TPSA) is 115 Å². The number of benzene rings is 1. The first kappa shape index (κ1) is 29.9. The number of piperazine rings is 1. The van der Waals surface area contributed by atoms with Crippen molar-refractivity contribution >= 4 is 46.4 Å². The van der Waals surface area contributed by atoms with Crippen molar-refractivity contribution in [1.82, 2.24) is 14.3 Å². The Morgan fingerprint density at radius 1 is 1.09 bits per heavy atom. The average molecular weight is 638 g/mol. The molecule has 1 saturated heterocycles. The minimum atomic E-state index is -5.26. The van der Waals surface area contributed by atoms with Crippen LogP contribution in [0.25, 0.3) is 5.52 Å². The molecule has 16 heteroatoms. The van der Waals surface area contributed by atoms with E-state index < -0.39 is 29.4 Å². The summed E-state index contributed by atoms with van der Waals surface area (Å²) in [6.45, 7) is 0.330. The second-order valence-corrected chi connectivity index (χ2v) is 10.2. The third-order valence-electron chi connectivity index (χ3n) is 6.76. The van der Waals surface area contributed by atoms with Crippen LogP contribution in [0, 0.1) is 17.1 Å². The summed E-state index contributed by atoms with van der Waals surface area (Å²) in [6.07, 6.45) is -2.70. The van der Waals surface area contributed by atoms with Crippen molar-refractivity contribution in [2.75, 3.05) is 31.1 Å². The molecule has 1 aliphatic heterocycles. The molecule has 43 heavy (non-hydrogen) atoms. The molecule has 0 radical (unpaired) electrons. The van der Waals surface area contributed by atoms with E-state index in [2.05, 4.69) is 9.82 Å². The van der Waals surface area contributed by atoms with Crippen LogP contribution in [-0.4, -0.2) is 58.5 Å². The fourth-order valence-corrected chi connectivity index (χ4v) is 5.13. The third kappa shape index (κ3) is 5.99. The van der Waals surface area contributed by atoms with Crippen molar-refractivity contribution < 1.29 is 36.7 Å². The van der Waals surface area contributed by atoms with Crippen molar-refractivity contribution in [3.63, 3.8) is 0 Å². The predicted octanol–water partition coefficient (Wildman–Crippen LogP) is 3.30. The van der Waals surface area contributed by atoms with Gasteiger partial charge in [0.2, 0.25) is 0 Å². The van der Waals surface area contributed by atoms with E-state index in [4.69, 9.17) is 28.5 Å². The normalized spacial score (nSPS) is 13.7. The van der Waals surface area contributed by atoms with Gasteiger partial charge in [0, 0.05) is 24.4 Å². The van der Waals surface area contributed by atoms with Gasteiger partial charge in [-0.3, -0.25) is 18.9 Å². The predicted molar refractivity (Wildman–Crippen MR) is 144 cm³/mol. The van der Waals surface area contributed by atoms with Gasteiger partial charge in [-0.05, 0) is 34.6 Å². The van der Waals surface area contributed by atoms with Gasteiger partial charge in [-0.25, -0.2) is 14.0 Å². The number of rotatable bonds is 5. The summed E-state index contributed by atoms with van der Waals surface area (Å²) in [6, 6.07) is 9.89. The number of hydrogen-bond acceptors (Lipinski definition) is 6. The fourth-order valence-electron chi connectivity index (χ4n) is 4.68. The largest absolute Gasteiger partial charge is 0.495 e. The molecule has 5 rings (SSSR count). The van der Waals surface area contributed by atoms with Gasteiger partial charge in [0.25, 0.3) is 11.5 Å². The van der Waals surface area contributed by atoms with Gasteiger partial charge in [0.05, 0.1) is 29.2 Å². The van der Waals surface area contributed by atoms with Gasteiger partial charge in [0.15, 0.2) is 6.20 Å². The number of aromatic nitrogens is 3. The Kier molecular flexibility index (Phi) is 8.04. The van der Waals surface area contributed by atoms with Crippen molar-refractivity contribution in [2.45, 2.75) is 12.6 Å². The van der Waals surface area contributed by atoms with Gasteiger partial charge in [0.1, 0.15) is 35.6 Å². The SMILES string of the molecule is N#Cc1ccc(N2CCN(C(=O)c3cc(Cc4c[nH]c(=O)c5cc(Cl)c(Cl)n45)ccc3F)CC2)[n+](OC(=O)C(F)(F)F)c1. The molecule has 0 aliphatic carbocycles. The van der Waals surface area contributed by atoms with Gasteiger partial charge in [-0.2, -0.15) is 18.4 Å². The zero-order valence-corrected chi connectivity index (χ0v) is 23.3. The molecule has 3 aromatic heterocycles. The van der Waals surface area contributed by atoms with Crippen LogP contribution in [0.15, 0.2) is 53.6 Å². The lowest BCUT2D eigenvalue weighted by atomic mass is 10.0. The highest BCUT2D eigenvalue weighted by atomic mass is 35.5. The Hall–Kier alpha value is -4.61. The highest BCUT2D eigenvalue weighted by Gasteiger charge is 2.44. The van der Waals surface area contributed by atoms with E-state index in [1.165, 1.54) is 45.8 Å². The Morgan fingerprint density at radius 3 is 2.49 bits per heavy atom. The van der Waals surface area contributed by atoms with Crippen molar-refractivity contribution in [1.29, 1.82) is 5.26 Å². The summed E-state index contributed by atoms with van der Waals surface area (Å²) >= 11 is 12.4. The lowest BCUT2D eigenvalue weighted by molar-refractivity contribution is -0.860. The van der Waals surface area contributed by atoms with E-state index in [1.54, 1.807) is 11.0 Å². The molecule has 1 fully saturated rings. The van der Waals surface area contributed by atoms with Crippen LogP contribution in [-0.2, 0) is 11.2 Å². The van der Waals surface area contributed by atoms with Crippen LogP contribution in [0.2, 0.25) is 10.2 Å². The van der Waals surface area contributed by atoms with E-state index in [0.29, 0.717) is 16.0 Å². The minimum Gasteiger partial charge on any atom is -0.331 e. The number of pyridine rings is 1.